The number of carbonyl (C=O) groups excluding carboxylic acids is 1. The van der Waals surface area contributed by atoms with Crippen LogP contribution in [-0.2, 0) is 19.5 Å². The van der Waals surface area contributed by atoms with Crippen LogP contribution in [0.3, 0.4) is 0 Å². The van der Waals surface area contributed by atoms with E-state index in [4.69, 9.17) is 4.74 Å². The molecule has 4 nitrogen and oxygen atoms in total. The van der Waals surface area contributed by atoms with Gasteiger partial charge < -0.3 is 10.1 Å². The lowest BCUT2D eigenvalue weighted by molar-refractivity contribution is 0.0940. The first-order valence-electron chi connectivity index (χ1n) is 12.2. The minimum absolute atomic E-state index is 0.0488. The summed E-state index contributed by atoms with van der Waals surface area (Å²) < 4.78 is 5.56. The van der Waals surface area contributed by atoms with Crippen LogP contribution < -0.4 is 10.1 Å². The van der Waals surface area contributed by atoms with Crippen LogP contribution in [0.5, 0.6) is 5.75 Å². The smallest absolute Gasteiger partial charge is 0.251 e. The summed E-state index contributed by atoms with van der Waals surface area (Å²) in [7, 11) is 1.71. The van der Waals surface area contributed by atoms with Crippen LogP contribution >= 0.6 is 0 Å². The van der Waals surface area contributed by atoms with Gasteiger partial charge in [0.25, 0.3) is 5.91 Å². The summed E-state index contributed by atoms with van der Waals surface area (Å²) in [5.41, 5.74) is 8.22. The normalized spacial score (nSPS) is 14.5. The fourth-order valence-electron chi connectivity index (χ4n) is 4.88. The van der Waals surface area contributed by atoms with Gasteiger partial charge in [-0.1, -0.05) is 50.2 Å². The second kappa shape index (κ2) is 10.4. The second-order valence-electron chi connectivity index (χ2n) is 9.73. The Morgan fingerprint density at radius 2 is 1.71 bits per heavy atom. The van der Waals surface area contributed by atoms with Crippen LogP contribution in [0.2, 0.25) is 0 Å². The van der Waals surface area contributed by atoms with Crippen molar-refractivity contribution in [2.24, 2.45) is 0 Å². The topological polar surface area (TPSA) is 41.6 Å². The van der Waals surface area contributed by atoms with Gasteiger partial charge in [0.2, 0.25) is 0 Å². The van der Waals surface area contributed by atoms with Crippen molar-refractivity contribution in [3.8, 4) is 5.75 Å². The number of methoxy groups -OCH3 is 1. The predicted octanol–water partition coefficient (Wildman–Crippen LogP) is 6.18. The largest absolute Gasteiger partial charge is 0.496 e. The number of nitrogens with one attached hydrogen (secondary N) is 1. The maximum absolute atomic E-state index is 13.0. The summed E-state index contributed by atoms with van der Waals surface area (Å²) >= 11 is 0. The average Bonchev–Trinajstić information content (AvgIpc) is 2.83. The molecular weight excluding hydrogens is 420 g/mol. The van der Waals surface area contributed by atoms with Crippen LogP contribution in [0, 0.1) is 6.92 Å². The predicted molar refractivity (Wildman–Crippen MR) is 138 cm³/mol. The van der Waals surface area contributed by atoms with E-state index in [1.807, 2.05) is 19.1 Å². The number of amides is 1. The highest BCUT2D eigenvalue weighted by molar-refractivity contribution is 5.94. The molecule has 0 saturated heterocycles. The van der Waals surface area contributed by atoms with Gasteiger partial charge in [-0.3, -0.25) is 9.69 Å². The quantitative estimate of drug-likeness (QED) is 0.462. The number of benzene rings is 3. The molecule has 1 unspecified atom stereocenters. The zero-order valence-electron chi connectivity index (χ0n) is 21.0. The van der Waals surface area contributed by atoms with Gasteiger partial charge in [0.05, 0.1) is 13.2 Å². The van der Waals surface area contributed by atoms with Crippen molar-refractivity contribution in [3.05, 3.63) is 99.6 Å². The molecule has 1 heterocycles. The third-order valence-electron chi connectivity index (χ3n) is 6.89. The molecule has 0 bridgehead atoms. The number of fused-ring (bicyclic) bond motifs is 1. The van der Waals surface area contributed by atoms with Gasteiger partial charge >= 0.3 is 0 Å². The Balaban J connectivity index is 1.40. The number of carbonyl (C=O) groups is 1. The van der Waals surface area contributed by atoms with Gasteiger partial charge in [-0.25, -0.2) is 0 Å². The van der Waals surface area contributed by atoms with Gasteiger partial charge in [0.1, 0.15) is 5.75 Å². The van der Waals surface area contributed by atoms with E-state index < -0.39 is 0 Å². The first-order valence-corrected chi connectivity index (χ1v) is 12.2. The molecule has 0 aromatic heterocycles. The number of hydrogen-bond donors (Lipinski definition) is 1. The molecule has 0 fully saturated rings. The Labute approximate surface area is 204 Å². The van der Waals surface area contributed by atoms with E-state index in [0.29, 0.717) is 11.5 Å². The lowest BCUT2D eigenvalue weighted by atomic mass is 9.93. The van der Waals surface area contributed by atoms with E-state index in [-0.39, 0.29) is 11.9 Å². The standard InChI is InChI=1S/C30H36N2O2/c1-20(2)27-17-28(21(3)16-29(27)34-5)22(4)31-30(33)25-12-10-23(11-13-25)18-32-15-14-24-8-6-7-9-26(24)19-32/h6-13,16-17,20,22H,14-15,18-19H2,1-5H3,(H,31,33). The maximum atomic E-state index is 13.0. The van der Waals surface area contributed by atoms with Crippen molar-refractivity contribution in [3.63, 3.8) is 0 Å². The SMILES string of the molecule is COc1cc(C)c(C(C)NC(=O)c2ccc(CN3CCc4ccccc4C3)cc2)cc1C(C)C. The zero-order valence-corrected chi connectivity index (χ0v) is 21.0. The molecule has 1 aliphatic rings. The number of aryl methyl sites for hydroxylation is 1. The van der Waals surface area contributed by atoms with Crippen molar-refractivity contribution in [2.75, 3.05) is 13.7 Å². The third kappa shape index (κ3) is 5.34. The summed E-state index contributed by atoms with van der Waals surface area (Å²) in [6.45, 7) is 11.4. The first-order chi connectivity index (χ1) is 16.4. The first kappa shape index (κ1) is 24.0. The summed E-state index contributed by atoms with van der Waals surface area (Å²) in [4.78, 5) is 15.4. The Hall–Kier alpha value is -3.11. The van der Waals surface area contributed by atoms with Gasteiger partial charge in [0, 0.05) is 25.2 Å². The molecule has 3 aromatic rings. The number of ether oxygens (including phenoxy) is 1. The molecule has 1 atom stereocenters. The van der Waals surface area contributed by atoms with Gasteiger partial charge in [-0.2, -0.15) is 0 Å². The van der Waals surface area contributed by atoms with Gasteiger partial charge in [0.15, 0.2) is 0 Å². The lowest BCUT2D eigenvalue weighted by Crippen LogP contribution is -2.30. The Morgan fingerprint density at radius 1 is 1.00 bits per heavy atom. The molecule has 3 aromatic carbocycles. The molecule has 0 spiro atoms. The van der Waals surface area contributed by atoms with Crippen LogP contribution in [0.4, 0.5) is 0 Å². The van der Waals surface area contributed by atoms with Crippen LogP contribution in [0.1, 0.15) is 76.5 Å². The average molecular weight is 457 g/mol. The van der Waals surface area contributed by atoms with Crippen molar-refractivity contribution in [2.45, 2.75) is 59.2 Å². The third-order valence-corrected chi connectivity index (χ3v) is 6.89. The maximum Gasteiger partial charge on any atom is 0.251 e. The van der Waals surface area contributed by atoms with E-state index in [1.54, 1.807) is 7.11 Å². The van der Waals surface area contributed by atoms with Gasteiger partial charge in [-0.15, -0.1) is 0 Å². The lowest BCUT2D eigenvalue weighted by Gasteiger charge is -2.28. The molecule has 1 N–H and O–H groups in total. The van der Waals surface area contributed by atoms with E-state index in [9.17, 15) is 4.79 Å². The van der Waals surface area contributed by atoms with E-state index in [1.165, 1.54) is 16.7 Å². The van der Waals surface area contributed by atoms with Gasteiger partial charge in [-0.05, 0) is 83.8 Å². The molecular formula is C30H36N2O2. The number of rotatable bonds is 7. The highest BCUT2D eigenvalue weighted by Gasteiger charge is 2.19. The highest BCUT2D eigenvalue weighted by atomic mass is 16.5. The summed E-state index contributed by atoms with van der Waals surface area (Å²) in [6.07, 6.45) is 1.10. The van der Waals surface area contributed by atoms with Crippen LogP contribution in [0.25, 0.3) is 0 Å². The summed E-state index contributed by atoms with van der Waals surface area (Å²) in [6, 6.07) is 20.9. The Bertz CT molecular complexity index is 1150. The molecule has 0 aliphatic carbocycles. The molecule has 34 heavy (non-hydrogen) atoms. The molecule has 0 saturated carbocycles. The summed E-state index contributed by atoms with van der Waals surface area (Å²) in [5, 5.41) is 3.18. The van der Waals surface area contributed by atoms with Crippen molar-refractivity contribution in [1.29, 1.82) is 0 Å². The van der Waals surface area contributed by atoms with Crippen LogP contribution in [0.15, 0.2) is 60.7 Å². The number of nitrogens with zero attached hydrogens (tertiary/aromatic N) is 1. The van der Waals surface area contributed by atoms with Crippen molar-refractivity contribution >= 4 is 5.91 Å². The van der Waals surface area contributed by atoms with Crippen molar-refractivity contribution in [1.82, 2.24) is 10.2 Å². The molecule has 1 amide bonds. The molecule has 1 aliphatic heterocycles. The number of hydrogen-bond acceptors (Lipinski definition) is 3. The Morgan fingerprint density at radius 3 is 2.38 bits per heavy atom. The fraction of sp³-hybridized carbons (Fsp3) is 0.367. The monoisotopic (exact) mass is 456 g/mol. The minimum Gasteiger partial charge on any atom is -0.496 e. The molecule has 0 radical (unpaired) electrons. The second-order valence-corrected chi connectivity index (χ2v) is 9.73. The van der Waals surface area contributed by atoms with Crippen LogP contribution in [-0.4, -0.2) is 24.5 Å². The highest BCUT2D eigenvalue weighted by Crippen LogP contribution is 2.32. The Kier molecular flexibility index (Phi) is 7.38. The van der Waals surface area contributed by atoms with E-state index in [2.05, 4.69) is 79.5 Å². The van der Waals surface area contributed by atoms with Crippen molar-refractivity contribution < 1.29 is 9.53 Å². The van der Waals surface area contributed by atoms with E-state index >= 15 is 0 Å². The molecule has 4 rings (SSSR count). The minimum atomic E-state index is -0.0935. The van der Waals surface area contributed by atoms with E-state index in [0.717, 1.165) is 48.5 Å². The zero-order chi connectivity index (χ0) is 24.2. The molecule has 4 heteroatoms. The molecule has 178 valence electrons. The fourth-order valence-corrected chi connectivity index (χ4v) is 4.88. The summed E-state index contributed by atoms with van der Waals surface area (Å²) in [5.74, 6) is 1.20.